The molecule has 0 amide bonds. The number of hydrogen-bond donors (Lipinski definition) is 2. The van der Waals surface area contributed by atoms with E-state index in [-0.39, 0.29) is 12.2 Å². The molecule has 10 heteroatoms. The van der Waals surface area contributed by atoms with Crippen molar-refractivity contribution in [2.45, 2.75) is 56.9 Å². The van der Waals surface area contributed by atoms with Gasteiger partial charge in [0.25, 0.3) is 0 Å². The molecule has 6 rings (SSSR count). The summed E-state index contributed by atoms with van der Waals surface area (Å²) in [5.41, 5.74) is 9.40. The average Bonchev–Trinajstić information content (AvgIpc) is 3.50. The number of methoxy groups -OCH3 is 1. The Bertz CT molecular complexity index is 1300. The molecule has 216 valence electrons. The Hall–Kier alpha value is -2.79. The van der Waals surface area contributed by atoms with E-state index in [1.54, 1.807) is 7.11 Å². The number of nitrogens with two attached hydrogens (primary N) is 1. The molecule has 0 saturated carbocycles. The summed E-state index contributed by atoms with van der Waals surface area (Å²) in [5.74, 6) is 1.30. The molecular weight excluding hydrogens is 504 g/mol. The number of hydrogen-bond acceptors (Lipinski definition) is 10. The lowest BCUT2D eigenvalue weighted by Crippen LogP contribution is -2.52. The highest BCUT2D eigenvalue weighted by Gasteiger charge is 2.29. The van der Waals surface area contributed by atoms with Gasteiger partial charge in [-0.2, -0.15) is 0 Å². The van der Waals surface area contributed by atoms with Crippen molar-refractivity contribution in [2.75, 3.05) is 77.3 Å². The lowest BCUT2D eigenvalue weighted by atomic mass is 10.00. The van der Waals surface area contributed by atoms with Gasteiger partial charge >= 0.3 is 0 Å². The van der Waals surface area contributed by atoms with Crippen LogP contribution in [0.25, 0.3) is 11.1 Å². The van der Waals surface area contributed by atoms with Crippen LogP contribution >= 0.6 is 0 Å². The molecule has 0 bridgehead atoms. The molecule has 3 N–H and O–H groups in total. The zero-order valence-electron chi connectivity index (χ0n) is 24.2. The van der Waals surface area contributed by atoms with Crippen LogP contribution < -0.4 is 31.4 Å². The van der Waals surface area contributed by atoms with E-state index in [0.29, 0.717) is 29.9 Å². The van der Waals surface area contributed by atoms with Crippen molar-refractivity contribution in [2.24, 2.45) is 9.98 Å². The fourth-order valence-electron chi connectivity index (χ4n) is 6.57. The van der Waals surface area contributed by atoms with E-state index in [9.17, 15) is 0 Å². The quantitative estimate of drug-likeness (QED) is 0.534. The normalized spacial score (nSPS) is 26.3. The third-order valence-electron chi connectivity index (χ3n) is 9.09. The van der Waals surface area contributed by atoms with E-state index in [2.05, 4.69) is 57.2 Å². The first-order valence-corrected chi connectivity index (χ1v) is 14.9. The van der Waals surface area contributed by atoms with Crippen molar-refractivity contribution in [3.8, 4) is 16.9 Å². The number of nitrogen functional groups attached to an aromatic ring is 1. The van der Waals surface area contributed by atoms with Gasteiger partial charge in [0.2, 0.25) is 0 Å². The van der Waals surface area contributed by atoms with E-state index >= 15 is 0 Å². The third-order valence-corrected chi connectivity index (χ3v) is 9.09. The van der Waals surface area contributed by atoms with E-state index in [1.807, 2.05) is 6.20 Å². The Kier molecular flexibility index (Phi) is 8.20. The van der Waals surface area contributed by atoms with Gasteiger partial charge in [-0.1, -0.05) is 13.0 Å². The minimum absolute atomic E-state index is 0.0122. The molecule has 40 heavy (non-hydrogen) atoms. The number of fused-ring (bicyclic) bond motifs is 1. The van der Waals surface area contributed by atoms with Crippen LogP contribution in [0.3, 0.4) is 0 Å². The van der Waals surface area contributed by atoms with E-state index in [0.717, 1.165) is 60.5 Å². The minimum Gasteiger partial charge on any atom is -0.495 e. The number of benzene rings is 1. The molecule has 2 aromatic rings. The zero-order chi connectivity index (χ0) is 27.6. The van der Waals surface area contributed by atoms with Crippen LogP contribution in [0.2, 0.25) is 0 Å². The van der Waals surface area contributed by atoms with Gasteiger partial charge in [0.05, 0.1) is 30.8 Å². The van der Waals surface area contributed by atoms with Crippen molar-refractivity contribution in [3.63, 3.8) is 0 Å². The largest absolute Gasteiger partial charge is 0.495 e. The molecule has 1 aromatic carbocycles. The predicted molar refractivity (Wildman–Crippen MR) is 157 cm³/mol. The van der Waals surface area contributed by atoms with Crippen LogP contribution in [-0.4, -0.2) is 106 Å². The molecule has 3 unspecified atom stereocenters. The maximum atomic E-state index is 6.32. The summed E-state index contributed by atoms with van der Waals surface area (Å²) in [7, 11) is 3.98. The molecule has 0 spiro atoms. The number of piperazine rings is 1. The number of piperidine rings is 1. The van der Waals surface area contributed by atoms with Crippen molar-refractivity contribution in [3.05, 3.63) is 35.1 Å². The van der Waals surface area contributed by atoms with Gasteiger partial charge in [0, 0.05) is 69.7 Å². The van der Waals surface area contributed by atoms with Crippen molar-refractivity contribution in [1.82, 2.24) is 20.1 Å². The van der Waals surface area contributed by atoms with Gasteiger partial charge in [0.1, 0.15) is 17.3 Å². The highest BCUT2D eigenvalue weighted by molar-refractivity contribution is 5.71. The number of pyridine rings is 1. The second kappa shape index (κ2) is 12.0. The number of likely N-dealkylation sites (N-methyl/N-ethyl adjacent to an activating group) is 1. The monoisotopic (exact) mass is 548 g/mol. The number of nitrogens with one attached hydrogen (secondary N) is 1. The second-order valence-electron chi connectivity index (χ2n) is 11.6. The van der Waals surface area contributed by atoms with E-state index in [1.165, 1.54) is 39.0 Å². The molecule has 0 radical (unpaired) electrons. The van der Waals surface area contributed by atoms with Crippen molar-refractivity contribution >= 4 is 11.5 Å². The van der Waals surface area contributed by atoms with Crippen molar-refractivity contribution in [1.29, 1.82) is 0 Å². The van der Waals surface area contributed by atoms with Gasteiger partial charge < -0.3 is 25.0 Å². The Morgan fingerprint density at radius 2 is 1.85 bits per heavy atom. The second-order valence-corrected chi connectivity index (χ2v) is 11.6. The molecule has 3 atom stereocenters. The van der Waals surface area contributed by atoms with E-state index < -0.39 is 0 Å². The number of nitrogens with zero attached hydrogens (tertiary/aromatic N) is 6. The molecule has 3 saturated heterocycles. The standard InChI is InChI=1S/C30H44N8O2/c1-4-24-30(33-21-9-16-40-19-21)35-27-23(18-32-29(31)28(27)34-24)20-5-6-25(26(17-20)39-3)38-10-7-22(8-11-38)37-14-12-36(2)13-15-37/h5-6,17-18,21-22,24,30,33H,4,7-16,19H2,1-3H3,(H2,31,32). The lowest BCUT2D eigenvalue weighted by molar-refractivity contribution is 0.0981. The van der Waals surface area contributed by atoms with Gasteiger partial charge in [-0.05, 0) is 50.4 Å². The lowest BCUT2D eigenvalue weighted by Gasteiger charge is -2.42. The minimum atomic E-state index is -0.118. The van der Waals surface area contributed by atoms with Crippen LogP contribution in [0.5, 0.6) is 5.75 Å². The van der Waals surface area contributed by atoms with Crippen LogP contribution in [0.15, 0.2) is 34.4 Å². The number of rotatable bonds is 7. The first-order chi connectivity index (χ1) is 19.5. The SMILES string of the molecule is CCC1N=c2c(N)ncc(-c3ccc(N4CCC(N5CCN(C)CC5)CC4)c(OC)c3)c2=NC1NC1CCOC1. The number of ether oxygens (including phenoxy) is 2. The molecule has 4 aliphatic heterocycles. The summed E-state index contributed by atoms with van der Waals surface area (Å²) >= 11 is 0. The summed E-state index contributed by atoms with van der Waals surface area (Å²) in [6.45, 7) is 10.4. The van der Waals surface area contributed by atoms with Crippen LogP contribution in [0.4, 0.5) is 11.5 Å². The summed E-state index contributed by atoms with van der Waals surface area (Å²) in [4.78, 5) is 22.3. The summed E-state index contributed by atoms with van der Waals surface area (Å²) in [6, 6.07) is 7.45. The summed E-state index contributed by atoms with van der Waals surface area (Å²) < 4.78 is 11.5. The molecule has 5 heterocycles. The predicted octanol–water partition coefficient (Wildman–Crippen LogP) is 1.29. The third kappa shape index (κ3) is 5.54. The molecule has 10 nitrogen and oxygen atoms in total. The molecule has 0 aliphatic carbocycles. The molecule has 4 aliphatic rings. The van der Waals surface area contributed by atoms with Gasteiger partial charge in [0.15, 0.2) is 5.82 Å². The fourth-order valence-corrected chi connectivity index (χ4v) is 6.57. The van der Waals surface area contributed by atoms with Gasteiger partial charge in [-0.15, -0.1) is 0 Å². The molecular formula is C30H44N8O2. The first-order valence-electron chi connectivity index (χ1n) is 14.9. The maximum absolute atomic E-state index is 6.32. The van der Waals surface area contributed by atoms with E-state index in [4.69, 9.17) is 25.2 Å². The van der Waals surface area contributed by atoms with Gasteiger partial charge in [-0.25, -0.2) is 4.98 Å². The molecule has 3 fully saturated rings. The Morgan fingerprint density at radius 1 is 1.05 bits per heavy atom. The summed E-state index contributed by atoms with van der Waals surface area (Å²) in [5, 5.41) is 5.17. The van der Waals surface area contributed by atoms with Gasteiger partial charge in [-0.3, -0.25) is 20.2 Å². The van der Waals surface area contributed by atoms with Crippen LogP contribution in [0, 0.1) is 0 Å². The highest BCUT2D eigenvalue weighted by Crippen LogP contribution is 2.34. The van der Waals surface area contributed by atoms with Crippen LogP contribution in [0.1, 0.15) is 32.6 Å². The first kappa shape index (κ1) is 27.4. The van der Waals surface area contributed by atoms with Crippen molar-refractivity contribution < 1.29 is 9.47 Å². The molecule has 1 aromatic heterocycles. The average molecular weight is 549 g/mol. The Labute approximate surface area is 237 Å². The highest BCUT2D eigenvalue weighted by atomic mass is 16.5. The summed E-state index contributed by atoms with van der Waals surface area (Å²) in [6.07, 6.45) is 5.93. The number of aromatic nitrogens is 1. The number of anilines is 2. The zero-order valence-corrected chi connectivity index (χ0v) is 24.2. The Balaban J connectivity index is 1.25. The maximum Gasteiger partial charge on any atom is 0.151 e. The fraction of sp³-hybridized carbons (Fsp3) is 0.633. The Morgan fingerprint density at radius 3 is 2.55 bits per heavy atom. The van der Waals surface area contributed by atoms with Crippen LogP contribution in [-0.2, 0) is 4.74 Å². The smallest absolute Gasteiger partial charge is 0.151 e. The topological polar surface area (TPSA) is 104 Å².